The standard InChI is InChI=1S/C19H14N4OS/c1-13-4-6-14(7-5-13)8-9-17-21-19-23(22-17)18(24)16(25-19)11-15-3-2-10-20-12-15/h2-12H,1H3. The van der Waals surface area contributed by atoms with E-state index in [1.54, 1.807) is 18.5 Å². The van der Waals surface area contributed by atoms with Crippen molar-refractivity contribution in [2.45, 2.75) is 6.92 Å². The van der Waals surface area contributed by atoms with Crippen molar-refractivity contribution in [3.8, 4) is 0 Å². The van der Waals surface area contributed by atoms with Crippen LogP contribution in [0.2, 0.25) is 0 Å². The maximum absolute atomic E-state index is 12.5. The third kappa shape index (κ3) is 3.25. The van der Waals surface area contributed by atoms with Crippen LogP contribution >= 0.6 is 11.3 Å². The minimum atomic E-state index is -0.161. The van der Waals surface area contributed by atoms with Gasteiger partial charge in [0.25, 0.3) is 5.56 Å². The van der Waals surface area contributed by atoms with Crippen molar-refractivity contribution >= 4 is 34.5 Å². The average Bonchev–Trinajstić information content (AvgIpc) is 3.15. The molecular weight excluding hydrogens is 332 g/mol. The Morgan fingerprint density at radius 2 is 1.92 bits per heavy atom. The molecular formula is C19H14N4OS. The van der Waals surface area contributed by atoms with Crippen LogP contribution in [0.15, 0.2) is 53.6 Å². The first-order valence-electron chi connectivity index (χ1n) is 7.75. The molecule has 0 aliphatic rings. The summed E-state index contributed by atoms with van der Waals surface area (Å²) in [5, 5.41) is 4.29. The van der Waals surface area contributed by atoms with Crippen LogP contribution in [0.4, 0.5) is 0 Å². The lowest BCUT2D eigenvalue weighted by molar-refractivity contribution is 0.925. The third-order valence-corrected chi connectivity index (χ3v) is 4.64. The molecule has 1 aromatic carbocycles. The van der Waals surface area contributed by atoms with Gasteiger partial charge in [-0.05, 0) is 36.3 Å². The van der Waals surface area contributed by atoms with Crippen LogP contribution in [0.3, 0.4) is 0 Å². The highest BCUT2D eigenvalue weighted by Crippen LogP contribution is 2.09. The molecule has 0 aliphatic carbocycles. The number of fused-ring (bicyclic) bond motifs is 1. The topological polar surface area (TPSA) is 60.2 Å². The molecule has 3 heterocycles. The molecule has 5 nitrogen and oxygen atoms in total. The number of aryl methyl sites for hydroxylation is 1. The molecule has 0 amide bonds. The summed E-state index contributed by atoms with van der Waals surface area (Å²) < 4.78 is 1.94. The van der Waals surface area contributed by atoms with Gasteiger partial charge < -0.3 is 0 Å². The zero-order chi connectivity index (χ0) is 17.2. The van der Waals surface area contributed by atoms with E-state index >= 15 is 0 Å². The van der Waals surface area contributed by atoms with Crippen LogP contribution in [-0.2, 0) is 0 Å². The minimum absolute atomic E-state index is 0.161. The summed E-state index contributed by atoms with van der Waals surface area (Å²) in [6.07, 6.45) is 8.97. The Kier molecular flexibility index (Phi) is 3.95. The van der Waals surface area contributed by atoms with Crippen molar-refractivity contribution in [1.82, 2.24) is 19.6 Å². The quantitative estimate of drug-likeness (QED) is 0.572. The summed E-state index contributed by atoms with van der Waals surface area (Å²) in [4.78, 5) is 21.5. The molecule has 25 heavy (non-hydrogen) atoms. The smallest absolute Gasteiger partial charge is 0.266 e. The van der Waals surface area contributed by atoms with Gasteiger partial charge in [0.15, 0.2) is 5.82 Å². The molecule has 4 aromatic rings. The number of hydrogen-bond acceptors (Lipinski definition) is 5. The first kappa shape index (κ1) is 15.4. The minimum Gasteiger partial charge on any atom is -0.266 e. The highest BCUT2D eigenvalue weighted by atomic mass is 32.1. The second kappa shape index (κ2) is 6.41. The Bertz CT molecular complexity index is 1160. The van der Waals surface area contributed by atoms with Gasteiger partial charge in [-0.3, -0.25) is 9.78 Å². The van der Waals surface area contributed by atoms with Crippen molar-refractivity contribution < 1.29 is 0 Å². The second-order valence-electron chi connectivity index (χ2n) is 5.61. The SMILES string of the molecule is Cc1ccc(C=Cc2nc3sc(=Cc4cccnc4)c(=O)n3n2)cc1. The molecule has 0 atom stereocenters. The first-order valence-corrected chi connectivity index (χ1v) is 8.57. The van der Waals surface area contributed by atoms with Gasteiger partial charge in [0.05, 0.1) is 4.53 Å². The lowest BCUT2D eigenvalue weighted by Gasteiger charge is -1.93. The van der Waals surface area contributed by atoms with Crippen molar-refractivity contribution in [2.24, 2.45) is 0 Å². The van der Waals surface area contributed by atoms with E-state index in [-0.39, 0.29) is 5.56 Å². The molecule has 0 bridgehead atoms. The van der Waals surface area contributed by atoms with E-state index in [1.165, 1.54) is 21.4 Å². The van der Waals surface area contributed by atoms with Crippen LogP contribution in [0.1, 0.15) is 22.5 Å². The Labute approximate surface area is 147 Å². The van der Waals surface area contributed by atoms with Crippen LogP contribution < -0.4 is 10.1 Å². The third-order valence-electron chi connectivity index (χ3n) is 3.68. The van der Waals surface area contributed by atoms with Gasteiger partial charge in [-0.25, -0.2) is 0 Å². The zero-order valence-corrected chi connectivity index (χ0v) is 14.3. The summed E-state index contributed by atoms with van der Waals surface area (Å²) in [5.41, 5.74) is 3.00. The molecule has 0 radical (unpaired) electrons. The highest BCUT2D eigenvalue weighted by Gasteiger charge is 2.08. The van der Waals surface area contributed by atoms with Gasteiger partial charge in [0.1, 0.15) is 0 Å². The molecule has 4 rings (SSSR count). The van der Waals surface area contributed by atoms with Crippen molar-refractivity contribution in [3.05, 3.63) is 86.2 Å². The molecule has 0 saturated carbocycles. The molecule has 0 aliphatic heterocycles. The average molecular weight is 346 g/mol. The normalized spacial score (nSPS) is 12.4. The Morgan fingerprint density at radius 1 is 1.08 bits per heavy atom. The summed E-state index contributed by atoms with van der Waals surface area (Å²) >= 11 is 1.32. The number of rotatable bonds is 3. The van der Waals surface area contributed by atoms with E-state index in [4.69, 9.17) is 0 Å². The van der Waals surface area contributed by atoms with Crippen molar-refractivity contribution in [1.29, 1.82) is 0 Å². The van der Waals surface area contributed by atoms with Gasteiger partial charge in [-0.15, -0.1) is 5.10 Å². The molecule has 6 heteroatoms. The number of nitrogens with zero attached hydrogens (tertiary/aromatic N) is 4. The molecule has 0 N–H and O–H groups in total. The number of pyridine rings is 1. The number of thiazole rings is 1. The van der Waals surface area contributed by atoms with E-state index < -0.39 is 0 Å². The maximum Gasteiger partial charge on any atom is 0.291 e. The fourth-order valence-corrected chi connectivity index (χ4v) is 3.30. The first-order chi connectivity index (χ1) is 12.2. The largest absolute Gasteiger partial charge is 0.291 e. The van der Waals surface area contributed by atoms with Crippen LogP contribution in [0.25, 0.3) is 23.2 Å². The van der Waals surface area contributed by atoms with Crippen LogP contribution in [0, 0.1) is 6.92 Å². The Hall–Kier alpha value is -3.12. The highest BCUT2D eigenvalue weighted by molar-refractivity contribution is 7.15. The van der Waals surface area contributed by atoms with E-state index in [1.807, 2.05) is 36.4 Å². The molecule has 122 valence electrons. The summed E-state index contributed by atoms with van der Waals surface area (Å²) in [7, 11) is 0. The van der Waals surface area contributed by atoms with Crippen LogP contribution in [-0.4, -0.2) is 19.6 Å². The summed E-state index contributed by atoms with van der Waals surface area (Å²) in [5.74, 6) is 0.525. The number of benzene rings is 1. The van der Waals surface area contributed by atoms with E-state index in [0.717, 1.165) is 11.1 Å². The van der Waals surface area contributed by atoms with Gasteiger partial charge >= 0.3 is 0 Å². The fourth-order valence-electron chi connectivity index (χ4n) is 2.38. The van der Waals surface area contributed by atoms with E-state index in [9.17, 15) is 4.79 Å². The summed E-state index contributed by atoms with van der Waals surface area (Å²) in [6, 6.07) is 11.9. The predicted octanol–water partition coefficient (Wildman–Crippen LogP) is 2.57. The monoisotopic (exact) mass is 346 g/mol. The molecule has 0 unspecified atom stereocenters. The lowest BCUT2D eigenvalue weighted by atomic mass is 10.1. The Morgan fingerprint density at radius 3 is 2.64 bits per heavy atom. The van der Waals surface area contributed by atoms with Gasteiger partial charge in [0, 0.05) is 12.4 Å². The van der Waals surface area contributed by atoms with Gasteiger partial charge in [0.2, 0.25) is 4.96 Å². The number of aromatic nitrogens is 4. The fraction of sp³-hybridized carbons (Fsp3) is 0.0526. The number of hydrogen-bond donors (Lipinski definition) is 0. The zero-order valence-electron chi connectivity index (χ0n) is 13.5. The maximum atomic E-state index is 12.5. The van der Waals surface area contributed by atoms with Crippen molar-refractivity contribution in [2.75, 3.05) is 0 Å². The van der Waals surface area contributed by atoms with Gasteiger partial charge in [-0.1, -0.05) is 53.3 Å². The van der Waals surface area contributed by atoms with Gasteiger partial charge in [-0.2, -0.15) is 9.50 Å². The molecule has 0 saturated heterocycles. The molecule has 0 fully saturated rings. The molecule has 3 aromatic heterocycles. The second-order valence-corrected chi connectivity index (χ2v) is 6.62. The van der Waals surface area contributed by atoms with Crippen LogP contribution in [0.5, 0.6) is 0 Å². The predicted molar refractivity (Wildman–Crippen MR) is 100 cm³/mol. The Balaban J connectivity index is 1.67. The lowest BCUT2D eigenvalue weighted by Crippen LogP contribution is -2.23. The van der Waals surface area contributed by atoms with Crippen molar-refractivity contribution in [3.63, 3.8) is 0 Å². The molecule has 0 spiro atoms. The van der Waals surface area contributed by atoms with E-state index in [0.29, 0.717) is 15.3 Å². The van der Waals surface area contributed by atoms with E-state index in [2.05, 4.69) is 34.1 Å². The summed E-state index contributed by atoms with van der Waals surface area (Å²) in [6.45, 7) is 2.05.